The molecule has 0 spiro atoms. The number of carbonyl (C=O) groups excluding carboxylic acids is 2. The summed E-state index contributed by atoms with van der Waals surface area (Å²) in [4.78, 5) is 24.6. The maximum Gasteiger partial charge on any atom is 0.277 e. The highest BCUT2D eigenvalue weighted by molar-refractivity contribution is 7.90. The van der Waals surface area contributed by atoms with Gasteiger partial charge in [0.05, 0.1) is 31.3 Å². The van der Waals surface area contributed by atoms with Gasteiger partial charge in [-0.1, -0.05) is 12.1 Å². The Bertz CT molecular complexity index is 755. The first-order valence-electron chi connectivity index (χ1n) is 7.22. The molecule has 1 heterocycles. The minimum atomic E-state index is -3.36. The van der Waals surface area contributed by atoms with E-state index in [0.29, 0.717) is 11.3 Å². The second-order valence-corrected chi connectivity index (χ2v) is 7.40. The predicted molar refractivity (Wildman–Crippen MR) is 86.5 cm³/mol. The lowest BCUT2D eigenvalue weighted by atomic mass is 10.2. The molecule has 8 nitrogen and oxygen atoms in total. The summed E-state index contributed by atoms with van der Waals surface area (Å²) in [5.74, 6) is -1.50. The first kappa shape index (κ1) is 18.1. The average molecular weight is 354 g/mol. The summed E-state index contributed by atoms with van der Waals surface area (Å²) in [5, 5.41) is 20.4. The molecule has 0 bridgehead atoms. The van der Waals surface area contributed by atoms with Crippen molar-refractivity contribution in [2.45, 2.75) is 5.75 Å². The normalized spacial score (nSPS) is 14.9. The van der Waals surface area contributed by atoms with Gasteiger partial charge >= 0.3 is 0 Å². The zero-order valence-corrected chi connectivity index (χ0v) is 13.6. The van der Waals surface area contributed by atoms with Crippen LogP contribution >= 0.6 is 0 Å². The van der Waals surface area contributed by atoms with Crippen molar-refractivity contribution in [1.29, 1.82) is 0 Å². The highest BCUT2D eigenvalue weighted by Crippen LogP contribution is 2.18. The number of nitrogens with zero attached hydrogens (tertiary/aromatic N) is 1. The molecule has 0 saturated carbocycles. The minimum Gasteiger partial charge on any atom is -0.395 e. The van der Waals surface area contributed by atoms with Gasteiger partial charge in [-0.3, -0.25) is 14.5 Å². The van der Waals surface area contributed by atoms with Gasteiger partial charge in [0.1, 0.15) is 5.70 Å². The maximum absolute atomic E-state index is 12.0. The lowest BCUT2D eigenvalue weighted by molar-refractivity contribution is -0.137. The van der Waals surface area contributed by atoms with E-state index >= 15 is 0 Å². The van der Waals surface area contributed by atoms with Crippen molar-refractivity contribution in [3.05, 3.63) is 41.6 Å². The molecule has 0 fully saturated rings. The van der Waals surface area contributed by atoms with Gasteiger partial charge < -0.3 is 15.5 Å². The van der Waals surface area contributed by atoms with E-state index in [4.69, 9.17) is 10.2 Å². The third-order valence-electron chi connectivity index (χ3n) is 3.35. The van der Waals surface area contributed by atoms with E-state index in [1.54, 1.807) is 24.3 Å². The zero-order valence-electron chi connectivity index (χ0n) is 12.8. The Labute approximate surface area is 139 Å². The number of nitrogens with one attached hydrogen (secondary N) is 1. The summed E-state index contributed by atoms with van der Waals surface area (Å²) in [6.07, 6.45) is 1.15. The Morgan fingerprint density at radius 2 is 1.71 bits per heavy atom. The predicted octanol–water partition coefficient (Wildman–Crippen LogP) is -0.749. The summed E-state index contributed by atoms with van der Waals surface area (Å²) in [7, 11) is -3.36. The summed E-state index contributed by atoms with van der Waals surface area (Å²) in [5.41, 5.74) is 1.17. The number of rotatable bonds is 8. The maximum atomic E-state index is 12.0. The number of sulfone groups is 1. The van der Waals surface area contributed by atoms with Crippen LogP contribution in [0.5, 0.6) is 0 Å². The van der Waals surface area contributed by atoms with Gasteiger partial charge in [-0.25, -0.2) is 8.42 Å². The van der Waals surface area contributed by atoms with E-state index in [9.17, 15) is 18.0 Å². The number of hydrogen-bond donors (Lipinski definition) is 3. The fraction of sp³-hybridized carbons (Fsp3) is 0.333. The molecule has 130 valence electrons. The quantitative estimate of drug-likeness (QED) is 0.525. The van der Waals surface area contributed by atoms with Crippen molar-refractivity contribution in [2.75, 3.05) is 30.8 Å². The Morgan fingerprint density at radius 1 is 1.04 bits per heavy atom. The molecule has 1 aliphatic rings. The molecule has 0 atom stereocenters. The van der Waals surface area contributed by atoms with Crippen molar-refractivity contribution in [3.63, 3.8) is 0 Å². The average Bonchev–Trinajstić information content (AvgIpc) is 2.77. The van der Waals surface area contributed by atoms with Gasteiger partial charge in [0.25, 0.3) is 11.8 Å². The van der Waals surface area contributed by atoms with Crippen molar-refractivity contribution in [1.82, 2.24) is 4.90 Å². The summed E-state index contributed by atoms with van der Waals surface area (Å²) in [6, 6.07) is 6.36. The zero-order chi connectivity index (χ0) is 17.7. The largest absolute Gasteiger partial charge is 0.395 e. The van der Waals surface area contributed by atoms with Crippen molar-refractivity contribution in [3.8, 4) is 0 Å². The molecule has 0 radical (unpaired) electrons. The van der Waals surface area contributed by atoms with Gasteiger partial charge in [-0.15, -0.1) is 0 Å². The molecule has 0 aliphatic carbocycles. The fourth-order valence-electron chi connectivity index (χ4n) is 2.21. The summed E-state index contributed by atoms with van der Waals surface area (Å²) < 4.78 is 23.3. The standard InChI is InChI=1S/C15H18N2O6S/c18-6-5-17-14(20)9-13(15(17)21)16-12-3-1-11(2-4-12)10-24(22,23)8-7-19/h1-4,9,16,18-19H,5-8,10H2. The number of β-amino-alcohol motifs (C(OH)–C–C–N with tert-alkyl or cyclic N) is 1. The molecule has 0 unspecified atom stereocenters. The Kier molecular flexibility index (Phi) is 5.71. The Hall–Kier alpha value is -2.23. The first-order chi connectivity index (χ1) is 11.4. The number of carbonyl (C=O) groups is 2. The van der Waals surface area contributed by atoms with Crippen molar-refractivity contribution < 1.29 is 28.2 Å². The van der Waals surface area contributed by atoms with Gasteiger partial charge in [0, 0.05) is 11.8 Å². The molecule has 1 aromatic rings. The smallest absolute Gasteiger partial charge is 0.277 e. The summed E-state index contributed by atoms with van der Waals surface area (Å²) in [6.45, 7) is -0.798. The van der Waals surface area contributed by atoms with E-state index in [2.05, 4.69) is 5.32 Å². The van der Waals surface area contributed by atoms with Crippen LogP contribution in [0.25, 0.3) is 0 Å². The minimum absolute atomic E-state index is 0.0685. The van der Waals surface area contributed by atoms with Crippen LogP contribution in [0.15, 0.2) is 36.0 Å². The highest BCUT2D eigenvalue weighted by Gasteiger charge is 2.30. The van der Waals surface area contributed by atoms with E-state index in [1.165, 1.54) is 0 Å². The van der Waals surface area contributed by atoms with Crippen LogP contribution in [0, 0.1) is 0 Å². The van der Waals surface area contributed by atoms with Crippen LogP contribution in [0.3, 0.4) is 0 Å². The van der Waals surface area contributed by atoms with Gasteiger partial charge in [0.15, 0.2) is 9.84 Å². The van der Waals surface area contributed by atoms with Crippen LogP contribution in [0.2, 0.25) is 0 Å². The third kappa shape index (κ3) is 4.40. The van der Waals surface area contributed by atoms with Crippen LogP contribution in [0.4, 0.5) is 5.69 Å². The second-order valence-electron chi connectivity index (χ2n) is 5.21. The van der Waals surface area contributed by atoms with Crippen LogP contribution in [-0.4, -0.2) is 60.9 Å². The van der Waals surface area contributed by atoms with Crippen LogP contribution in [0.1, 0.15) is 5.56 Å². The topological polar surface area (TPSA) is 124 Å². The molecule has 0 saturated heterocycles. The number of aliphatic hydroxyl groups is 2. The second kappa shape index (κ2) is 7.56. The van der Waals surface area contributed by atoms with E-state index in [-0.39, 0.29) is 30.4 Å². The third-order valence-corrected chi connectivity index (χ3v) is 4.93. The van der Waals surface area contributed by atoms with Gasteiger partial charge in [0.2, 0.25) is 0 Å². The van der Waals surface area contributed by atoms with E-state index in [1.807, 2.05) is 0 Å². The van der Waals surface area contributed by atoms with Crippen molar-refractivity contribution in [2.24, 2.45) is 0 Å². The number of aliphatic hydroxyl groups excluding tert-OH is 2. The molecule has 3 N–H and O–H groups in total. The molecular weight excluding hydrogens is 336 g/mol. The lowest BCUT2D eigenvalue weighted by Gasteiger charge is -2.13. The molecule has 2 rings (SSSR count). The number of imide groups is 1. The monoisotopic (exact) mass is 354 g/mol. The van der Waals surface area contributed by atoms with Gasteiger partial charge in [-0.05, 0) is 17.7 Å². The molecule has 2 amide bonds. The molecule has 1 aliphatic heterocycles. The molecule has 9 heteroatoms. The number of amides is 2. The Morgan fingerprint density at radius 3 is 2.29 bits per heavy atom. The van der Waals surface area contributed by atoms with Crippen LogP contribution in [-0.2, 0) is 25.2 Å². The number of anilines is 1. The van der Waals surface area contributed by atoms with Crippen molar-refractivity contribution >= 4 is 27.3 Å². The molecule has 0 aromatic heterocycles. The van der Waals surface area contributed by atoms with Gasteiger partial charge in [-0.2, -0.15) is 0 Å². The van der Waals surface area contributed by atoms with E-state index in [0.717, 1.165) is 11.0 Å². The molecule has 1 aromatic carbocycles. The lowest BCUT2D eigenvalue weighted by Crippen LogP contribution is -2.34. The Balaban J connectivity index is 2.04. The highest BCUT2D eigenvalue weighted by atomic mass is 32.2. The number of hydrogen-bond acceptors (Lipinski definition) is 7. The van der Waals surface area contributed by atoms with Crippen LogP contribution < -0.4 is 5.32 Å². The fourth-order valence-corrected chi connectivity index (χ4v) is 3.34. The first-order valence-corrected chi connectivity index (χ1v) is 9.04. The molecule has 24 heavy (non-hydrogen) atoms. The van der Waals surface area contributed by atoms with E-state index < -0.39 is 28.3 Å². The summed E-state index contributed by atoms with van der Waals surface area (Å²) >= 11 is 0. The number of benzene rings is 1. The molecular formula is C15H18N2O6S. The SMILES string of the molecule is O=C1C=C(Nc2ccc(CS(=O)(=O)CCO)cc2)C(=O)N1CCO.